The third-order valence-corrected chi connectivity index (χ3v) is 2.96. The van der Waals surface area contributed by atoms with Crippen molar-refractivity contribution in [2.45, 2.75) is 6.10 Å². The molecule has 0 aliphatic rings. The Labute approximate surface area is 120 Å². The van der Waals surface area contributed by atoms with Crippen molar-refractivity contribution in [1.82, 2.24) is 0 Å². The second-order valence-corrected chi connectivity index (χ2v) is 4.38. The largest absolute Gasteiger partial charge is 0.482 e. The summed E-state index contributed by atoms with van der Waals surface area (Å²) in [7, 11) is 0. The molecule has 0 aliphatic carbocycles. The predicted octanol–water partition coefficient (Wildman–Crippen LogP) is 3.33. The fourth-order valence-electron chi connectivity index (χ4n) is 1.79. The second-order valence-electron chi connectivity index (χ2n) is 3.93. The molecule has 19 heavy (non-hydrogen) atoms. The minimum absolute atomic E-state index is 0.290. The first kappa shape index (κ1) is 13.8. The van der Waals surface area contributed by atoms with Gasteiger partial charge in [-0.2, -0.15) is 0 Å². The van der Waals surface area contributed by atoms with Crippen molar-refractivity contribution in [1.29, 1.82) is 0 Å². The number of aliphatic hydroxyl groups excluding tert-OH is 1. The average Bonchev–Trinajstić information content (AvgIpc) is 2.47. The highest BCUT2D eigenvalue weighted by atomic mass is 79.9. The van der Waals surface area contributed by atoms with E-state index in [0.29, 0.717) is 22.4 Å². The van der Waals surface area contributed by atoms with Gasteiger partial charge in [0.25, 0.3) is 0 Å². The molecule has 3 nitrogen and oxygen atoms in total. The molecule has 0 aromatic heterocycles. The molecule has 98 valence electrons. The molecule has 4 heteroatoms. The van der Waals surface area contributed by atoms with Gasteiger partial charge in [0, 0.05) is 0 Å². The minimum atomic E-state index is -1.18. The molecule has 1 atom stereocenters. The number of ether oxygens (including phenoxy) is 1. The molecule has 0 radical (unpaired) electrons. The summed E-state index contributed by atoms with van der Waals surface area (Å²) < 4.78 is 5.33. The molecule has 0 bridgehead atoms. The molecule has 0 aliphatic heterocycles. The molecule has 0 saturated carbocycles. The molecular weight excluding hydrogens is 308 g/mol. The van der Waals surface area contributed by atoms with Crippen LogP contribution in [0.2, 0.25) is 0 Å². The fourth-order valence-corrected chi connectivity index (χ4v) is 2.04. The van der Waals surface area contributed by atoms with Crippen LogP contribution in [-0.4, -0.2) is 16.4 Å². The van der Waals surface area contributed by atoms with Gasteiger partial charge in [0.2, 0.25) is 0 Å². The second kappa shape index (κ2) is 6.50. The van der Waals surface area contributed by atoms with E-state index in [9.17, 15) is 9.90 Å². The van der Waals surface area contributed by atoms with Gasteiger partial charge in [0.05, 0.1) is 5.56 Å². The zero-order valence-corrected chi connectivity index (χ0v) is 11.7. The van der Waals surface area contributed by atoms with Crippen LogP contribution < -0.4 is 4.74 Å². The quantitative estimate of drug-likeness (QED) is 0.679. The molecular formula is C15H13BrO3. The molecule has 1 N–H and O–H groups in total. The number of Topliss-reactive ketones (excluding diaryl/α,β-unsaturated/α-hetero) is 1. The summed E-state index contributed by atoms with van der Waals surface area (Å²) in [5, 5.41) is 10.1. The number of carbonyl (C=O) groups is 1. The van der Waals surface area contributed by atoms with Crippen LogP contribution in [0.3, 0.4) is 0 Å². The van der Waals surface area contributed by atoms with Crippen molar-refractivity contribution in [2.75, 3.05) is 5.52 Å². The van der Waals surface area contributed by atoms with Gasteiger partial charge < -0.3 is 9.84 Å². The highest BCUT2D eigenvalue weighted by Gasteiger charge is 2.21. The van der Waals surface area contributed by atoms with Crippen molar-refractivity contribution in [3.05, 3.63) is 65.7 Å². The first-order chi connectivity index (χ1) is 9.24. The summed E-state index contributed by atoms with van der Waals surface area (Å²) in [5.41, 5.74) is 1.23. The lowest BCUT2D eigenvalue weighted by Gasteiger charge is -2.13. The zero-order valence-electron chi connectivity index (χ0n) is 10.1. The lowest BCUT2D eigenvalue weighted by atomic mass is 9.99. The molecule has 1 unspecified atom stereocenters. The number of aliphatic hydroxyl groups is 1. The number of hydrogen-bond acceptors (Lipinski definition) is 3. The van der Waals surface area contributed by atoms with E-state index < -0.39 is 6.10 Å². The molecule has 0 fully saturated rings. The minimum Gasteiger partial charge on any atom is -0.482 e. The molecule has 2 aromatic rings. The van der Waals surface area contributed by atoms with Crippen LogP contribution in [0.15, 0.2) is 54.6 Å². The fraction of sp³-hybridized carbons (Fsp3) is 0.133. The highest BCUT2D eigenvalue weighted by Crippen LogP contribution is 2.25. The predicted molar refractivity (Wildman–Crippen MR) is 76.6 cm³/mol. The maximum absolute atomic E-state index is 12.3. The smallest absolute Gasteiger partial charge is 0.199 e. The Hall–Kier alpha value is -1.65. The Morgan fingerprint density at radius 2 is 1.74 bits per heavy atom. The van der Waals surface area contributed by atoms with E-state index in [-0.39, 0.29) is 5.78 Å². The SMILES string of the molecule is O=C(c1ccccc1OCBr)C(O)c1ccccc1. The monoisotopic (exact) mass is 320 g/mol. The van der Waals surface area contributed by atoms with E-state index in [1.807, 2.05) is 6.07 Å². The van der Waals surface area contributed by atoms with Crippen LogP contribution in [0.4, 0.5) is 0 Å². The van der Waals surface area contributed by atoms with Crippen LogP contribution in [0.1, 0.15) is 22.0 Å². The summed E-state index contributed by atoms with van der Waals surface area (Å²) in [4.78, 5) is 12.3. The average molecular weight is 321 g/mol. The van der Waals surface area contributed by atoms with E-state index in [0.717, 1.165) is 0 Å². The highest BCUT2D eigenvalue weighted by molar-refractivity contribution is 9.09. The van der Waals surface area contributed by atoms with Gasteiger partial charge in [-0.25, -0.2) is 0 Å². The van der Waals surface area contributed by atoms with Crippen molar-refractivity contribution in [3.63, 3.8) is 0 Å². The third-order valence-electron chi connectivity index (χ3n) is 2.73. The van der Waals surface area contributed by atoms with E-state index in [1.165, 1.54) is 0 Å². The summed E-state index contributed by atoms with van der Waals surface area (Å²) in [6.45, 7) is 0. The summed E-state index contributed by atoms with van der Waals surface area (Å²) >= 11 is 3.16. The maximum atomic E-state index is 12.3. The van der Waals surface area contributed by atoms with E-state index in [1.54, 1.807) is 48.5 Å². The number of carbonyl (C=O) groups excluding carboxylic acids is 1. The van der Waals surface area contributed by atoms with Gasteiger partial charge in [-0.1, -0.05) is 42.5 Å². The topological polar surface area (TPSA) is 46.5 Å². The van der Waals surface area contributed by atoms with E-state index >= 15 is 0 Å². The Balaban J connectivity index is 2.29. The molecule has 0 amide bonds. The summed E-state index contributed by atoms with van der Waals surface area (Å²) in [5.74, 6) is 0.0853. The summed E-state index contributed by atoms with van der Waals surface area (Å²) in [6.07, 6.45) is -1.18. The molecule has 0 heterocycles. The normalized spacial score (nSPS) is 11.9. The number of benzene rings is 2. The lowest BCUT2D eigenvalue weighted by molar-refractivity contribution is 0.0744. The number of hydrogen-bond donors (Lipinski definition) is 1. The van der Waals surface area contributed by atoms with Gasteiger partial charge >= 0.3 is 0 Å². The van der Waals surface area contributed by atoms with Crippen molar-refractivity contribution in [2.24, 2.45) is 0 Å². The number of halogens is 1. The van der Waals surface area contributed by atoms with Crippen LogP contribution in [0.25, 0.3) is 0 Å². The Bertz CT molecular complexity index is 554. The van der Waals surface area contributed by atoms with Gasteiger partial charge in [0.15, 0.2) is 5.78 Å². The van der Waals surface area contributed by atoms with Gasteiger partial charge in [-0.15, -0.1) is 0 Å². The number of ketones is 1. The Kier molecular flexibility index (Phi) is 4.71. The zero-order chi connectivity index (χ0) is 13.7. The molecule has 0 spiro atoms. The van der Waals surface area contributed by atoms with Crippen LogP contribution >= 0.6 is 15.9 Å². The van der Waals surface area contributed by atoms with E-state index in [4.69, 9.17) is 4.74 Å². The van der Waals surface area contributed by atoms with Crippen LogP contribution in [-0.2, 0) is 0 Å². The van der Waals surface area contributed by atoms with Gasteiger partial charge in [-0.05, 0) is 33.6 Å². The number of rotatable bonds is 5. The first-order valence-corrected chi connectivity index (χ1v) is 6.91. The van der Waals surface area contributed by atoms with Crippen molar-refractivity contribution < 1.29 is 14.6 Å². The number of para-hydroxylation sites is 1. The Morgan fingerprint density at radius 3 is 2.42 bits per heavy atom. The number of alkyl halides is 1. The lowest BCUT2D eigenvalue weighted by Crippen LogP contribution is -2.13. The van der Waals surface area contributed by atoms with Gasteiger partial charge in [0.1, 0.15) is 17.4 Å². The molecule has 0 saturated heterocycles. The van der Waals surface area contributed by atoms with Crippen LogP contribution in [0.5, 0.6) is 5.75 Å². The van der Waals surface area contributed by atoms with Crippen molar-refractivity contribution in [3.8, 4) is 5.75 Å². The first-order valence-electron chi connectivity index (χ1n) is 5.79. The van der Waals surface area contributed by atoms with Crippen LogP contribution in [0, 0.1) is 0 Å². The van der Waals surface area contributed by atoms with E-state index in [2.05, 4.69) is 15.9 Å². The molecule has 2 rings (SSSR count). The third kappa shape index (κ3) is 3.22. The van der Waals surface area contributed by atoms with Gasteiger partial charge in [-0.3, -0.25) is 4.79 Å². The molecule has 2 aromatic carbocycles. The van der Waals surface area contributed by atoms with Crippen molar-refractivity contribution >= 4 is 21.7 Å². The Morgan fingerprint density at radius 1 is 1.11 bits per heavy atom. The summed E-state index contributed by atoms with van der Waals surface area (Å²) in [6, 6.07) is 15.7. The maximum Gasteiger partial charge on any atom is 0.199 e. The standard InChI is InChI=1S/C15H13BrO3/c16-10-19-13-9-5-4-8-12(13)15(18)14(17)11-6-2-1-3-7-11/h1-9,14,17H,10H2.